The molecule has 0 aliphatic carbocycles. The lowest BCUT2D eigenvalue weighted by molar-refractivity contribution is 0.0943. The zero-order valence-corrected chi connectivity index (χ0v) is 15.5. The Balaban J connectivity index is 2.26. The first-order chi connectivity index (χ1) is 11.7. The summed E-state index contributed by atoms with van der Waals surface area (Å²) >= 11 is 0. The molecule has 0 fully saturated rings. The highest BCUT2D eigenvalue weighted by Gasteiger charge is 2.17. The van der Waals surface area contributed by atoms with Crippen LogP contribution in [0.5, 0.6) is 5.75 Å². The Kier molecular flexibility index (Phi) is 5.69. The minimum atomic E-state index is -3.79. The number of ether oxygens (including phenoxy) is 1. The maximum atomic E-state index is 12.6. The Morgan fingerprint density at radius 1 is 1.08 bits per heavy atom. The molecule has 2 N–H and O–H groups in total. The van der Waals surface area contributed by atoms with Gasteiger partial charge in [0.2, 0.25) is 0 Å². The van der Waals surface area contributed by atoms with Gasteiger partial charge in [-0.25, -0.2) is 8.42 Å². The molecule has 134 valence electrons. The monoisotopic (exact) mass is 362 g/mol. The molecule has 0 spiro atoms. The van der Waals surface area contributed by atoms with Crippen LogP contribution in [0.25, 0.3) is 0 Å². The van der Waals surface area contributed by atoms with Gasteiger partial charge in [0.15, 0.2) is 0 Å². The maximum absolute atomic E-state index is 12.6. The van der Waals surface area contributed by atoms with E-state index < -0.39 is 10.0 Å². The Morgan fingerprint density at radius 3 is 2.28 bits per heavy atom. The molecule has 0 aliphatic heterocycles. The molecule has 2 rings (SSSR count). The number of anilines is 1. The van der Waals surface area contributed by atoms with Crippen LogP contribution in [0, 0.1) is 6.92 Å². The average Bonchev–Trinajstić information content (AvgIpc) is 2.54. The highest BCUT2D eigenvalue weighted by molar-refractivity contribution is 7.92. The van der Waals surface area contributed by atoms with Gasteiger partial charge >= 0.3 is 0 Å². The number of rotatable bonds is 6. The summed E-state index contributed by atoms with van der Waals surface area (Å²) < 4.78 is 32.9. The Hall–Kier alpha value is -2.54. The molecule has 0 heterocycles. The predicted octanol–water partition coefficient (Wildman–Crippen LogP) is 2.94. The normalized spacial score (nSPS) is 11.2. The number of nitrogens with one attached hydrogen (secondary N) is 2. The number of hydrogen-bond donors (Lipinski definition) is 2. The molecule has 6 nitrogen and oxygen atoms in total. The summed E-state index contributed by atoms with van der Waals surface area (Å²) in [4.78, 5) is 12.0. The lowest BCUT2D eigenvalue weighted by Crippen LogP contribution is -2.30. The molecule has 1 amide bonds. The number of aryl methyl sites for hydroxylation is 1. The number of hydrogen-bond acceptors (Lipinski definition) is 4. The van der Waals surface area contributed by atoms with Crippen molar-refractivity contribution >= 4 is 21.6 Å². The molecule has 7 heteroatoms. The van der Waals surface area contributed by atoms with E-state index in [1.165, 1.54) is 31.4 Å². The van der Waals surface area contributed by atoms with Crippen LogP contribution in [-0.2, 0) is 10.0 Å². The van der Waals surface area contributed by atoms with E-state index in [1.54, 1.807) is 12.1 Å². The van der Waals surface area contributed by atoms with Crippen LogP contribution in [0.4, 0.5) is 5.69 Å². The minimum absolute atomic E-state index is 0.00589. The Morgan fingerprint density at radius 2 is 1.72 bits per heavy atom. The fourth-order valence-corrected chi connectivity index (χ4v) is 3.30. The van der Waals surface area contributed by atoms with Crippen molar-refractivity contribution in [2.24, 2.45) is 0 Å². The number of amides is 1. The van der Waals surface area contributed by atoms with Crippen LogP contribution >= 0.6 is 0 Å². The van der Waals surface area contributed by atoms with Crippen molar-refractivity contribution in [1.29, 1.82) is 0 Å². The SMILES string of the molecule is COc1ccc(C)cc1NS(=O)(=O)c1ccc(C(=O)NC(C)C)cc1. The zero-order chi connectivity index (χ0) is 18.6. The second-order valence-corrected chi connectivity index (χ2v) is 7.64. The molecule has 0 atom stereocenters. The Labute approximate surface area is 148 Å². The summed E-state index contributed by atoms with van der Waals surface area (Å²) in [6.07, 6.45) is 0. The molecular formula is C18H22N2O4S. The van der Waals surface area contributed by atoms with Gasteiger partial charge in [-0.3, -0.25) is 9.52 Å². The topological polar surface area (TPSA) is 84.5 Å². The highest BCUT2D eigenvalue weighted by atomic mass is 32.2. The number of carbonyl (C=O) groups is 1. The number of carbonyl (C=O) groups excluding carboxylic acids is 1. The third-order valence-electron chi connectivity index (χ3n) is 3.45. The Bertz CT molecular complexity index is 859. The minimum Gasteiger partial charge on any atom is -0.495 e. The number of methoxy groups -OCH3 is 1. The molecule has 0 aliphatic rings. The van der Waals surface area contributed by atoms with Crippen molar-refractivity contribution in [2.75, 3.05) is 11.8 Å². The quantitative estimate of drug-likeness (QED) is 0.827. The van der Waals surface area contributed by atoms with E-state index in [0.717, 1.165) is 5.56 Å². The maximum Gasteiger partial charge on any atom is 0.262 e. The molecular weight excluding hydrogens is 340 g/mol. The smallest absolute Gasteiger partial charge is 0.262 e. The van der Waals surface area contributed by atoms with E-state index in [4.69, 9.17) is 4.74 Å². The largest absolute Gasteiger partial charge is 0.495 e. The van der Waals surface area contributed by atoms with Gasteiger partial charge in [0, 0.05) is 11.6 Å². The summed E-state index contributed by atoms with van der Waals surface area (Å²) in [6.45, 7) is 5.57. The van der Waals surface area contributed by atoms with E-state index in [1.807, 2.05) is 26.8 Å². The summed E-state index contributed by atoms with van der Waals surface area (Å²) in [5, 5.41) is 2.76. The van der Waals surface area contributed by atoms with Crippen molar-refractivity contribution < 1.29 is 17.9 Å². The van der Waals surface area contributed by atoms with Gasteiger partial charge in [-0.15, -0.1) is 0 Å². The molecule has 0 aromatic heterocycles. The summed E-state index contributed by atoms with van der Waals surface area (Å²) in [7, 11) is -2.31. The van der Waals surface area contributed by atoms with E-state index >= 15 is 0 Å². The van der Waals surface area contributed by atoms with E-state index in [0.29, 0.717) is 17.0 Å². The van der Waals surface area contributed by atoms with E-state index in [-0.39, 0.29) is 16.8 Å². The summed E-state index contributed by atoms with van der Waals surface area (Å²) in [5.74, 6) is 0.189. The lowest BCUT2D eigenvalue weighted by atomic mass is 10.2. The van der Waals surface area contributed by atoms with Crippen molar-refractivity contribution in [1.82, 2.24) is 5.32 Å². The third-order valence-corrected chi connectivity index (χ3v) is 4.83. The van der Waals surface area contributed by atoms with Crippen molar-refractivity contribution in [3.05, 3.63) is 53.6 Å². The van der Waals surface area contributed by atoms with Crippen molar-refractivity contribution in [2.45, 2.75) is 31.7 Å². The fourth-order valence-electron chi connectivity index (χ4n) is 2.24. The van der Waals surface area contributed by atoms with Gasteiger partial charge in [0.1, 0.15) is 5.75 Å². The second-order valence-electron chi connectivity index (χ2n) is 5.96. The molecule has 2 aromatic carbocycles. The average molecular weight is 362 g/mol. The zero-order valence-electron chi connectivity index (χ0n) is 14.7. The first-order valence-electron chi connectivity index (χ1n) is 7.81. The highest BCUT2D eigenvalue weighted by Crippen LogP contribution is 2.27. The van der Waals surface area contributed by atoms with E-state index in [2.05, 4.69) is 10.0 Å². The summed E-state index contributed by atoms with van der Waals surface area (Å²) in [5.41, 5.74) is 1.67. The molecule has 25 heavy (non-hydrogen) atoms. The van der Waals surface area contributed by atoms with E-state index in [9.17, 15) is 13.2 Å². The lowest BCUT2D eigenvalue weighted by Gasteiger charge is -2.13. The summed E-state index contributed by atoms with van der Waals surface area (Å²) in [6, 6.07) is 11.0. The molecule has 0 saturated carbocycles. The first kappa shape index (κ1) is 18.8. The van der Waals surface area contributed by atoms with Gasteiger partial charge in [0.05, 0.1) is 17.7 Å². The molecule has 2 aromatic rings. The number of sulfonamides is 1. The molecule has 0 saturated heterocycles. The van der Waals surface area contributed by atoms with Gasteiger partial charge < -0.3 is 10.1 Å². The molecule has 0 unspecified atom stereocenters. The second kappa shape index (κ2) is 7.57. The van der Waals surface area contributed by atoms with Crippen LogP contribution in [-0.4, -0.2) is 27.5 Å². The van der Waals surface area contributed by atoms with Gasteiger partial charge in [-0.05, 0) is 62.7 Å². The van der Waals surface area contributed by atoms with Gasteiger partial charge in [-0.2, -0.15) is 0 Å². The first-order valence-corrected chi connectivity index (χ1v) is 9.29. The van der Waals surface area contributed by atoms with Crippen molar-refractivity contribution in [3.63, 3.8) is 0 Å². The van der Waals surface area contributed by atoms with Crippen LogP contribution in [0.2, 0.25) is 0 Å². The van der Waals surface area contributed by atoms with Gasteiger partial charge in [0.25, 0.3) is 15.9 Å². The third kappa shape index (κ3) is 4.73. The standard InChI is InChI=1S/C18H22N2O4S/c1-12(2)19-18(21)14-6-8-15(9-7-14)25(22,23)20-16-11-13(3)5-10-17(16)24-4/h5-12,20H,1-4H3,(H,19,21). The predicted molar refractivity (Wildman–Crippen MR) is 97.6 cm³/mol. The van der Waals surface area contributed by atoms with Crippen LogP contribution in [0.3, 0.4) is 0 Å². The van der Waals surface area contributed by atoms with Gasteiger partial charge in [-0.1, -0.05) is 6.07 Å². The molecule has 0 radical (unpaired) electrons. The van der Waals surface area contributed by atoms with Crippen LogP contribution in [0.1, 0.15) is 29.8 Å². The molecule has 0 bridgehead atoms. The van der Waals surface area contributed by atoms with Crippen LogP contribution < -0.4 is 14.8 Å². The van der Waals surface area contributed by atoms with Crippen LogP contribution in [0.15, 0.2) is 47.4 Å². The fraction of sp³-hybridized carbons (Fsp3) is 0.278. The van der Waals surface area contributed by atoms with Crippen molar-refractivity contribution in [3.8, 4) is 5.75 Å². The number of benzene rings is 2.